The van der Waals surface area contributed by atoms with Crippen LogP contribution in [-0.2, 0) is 6.54 Å². The molecule has 182 valence electrons. The van der Waals surface area contributed by atoms with Crippen molar-refractivity contribution >= 4 is 23.1 Å². The number of nitrogens with one attached hydrogen (secondary N) is 2. The van der Waals surface area contributed by atoms with Crippen LogP contribution in [0.15, 0.2) is 79.1 Å². The zero-order valence-electron chi connectivity index (χ0n) is 20.7. The molecule has 4 heterocycles. The summed E-state index contributed by atoms with van der Waals surface area (Å²) in [4.78, 5) is 18.8. The molecule has 2 aromatic heterocycles. The highest BCUT2D eigenvalue weighted by Crippen LogP contribution is 2.36. The predicted molar refractivity (Wildman–Crippen MR) is 146 cm³/mol. The van der Waals surface area contributed by atoms with Crippen molar-refractivity contribution in [3.8, 4) is 11.3 Å². The van der Waals surface area contributed by atoms with Gasteiger partial charge in [0.25, 0.3) is 0 Å². The average Bonchev–Trinajstić information content (AvgIpc) is 3.48. The van der Waals surface area contributed by atoms with Gasteiger partial charge < -0.3 is 15.5 Å². The lowest BCUT2D eigenvalue weighted by molar-refractivity contribution is 0.292. The molecule has 2 aliphatic heterocycles. The maximum Gasteiger partial charge on any atom is 0.227 e. The number of hydrogen-bond acceptors (Lipinski definition) is 7. The van der Waals surface area contributed by atoms with Crippen molar-refractivity contribution in [2.24, 2.45) is 0 Å². The van der Waals surface area contributed by atoms with Crippen LogP contribution in [-0.4, -0.2) is 52.1 Å². The molecule has 7 heteroatoms. The Kier molecular flexibility index (Phi) is 5.99. The predicted octanol–water partition coefficient (Wildman–Crippen LogP) is 5.10. The molecule has 2 saturated heterocycles. The molecule has 7 nitrogen and oxygen atoms in total. The molecule has 2 aromatic carbocycles. The van der Waals surface area contributed by atoms with Gasteiger partial charge in [-0.05, 0) is 67.9 Å². The van der Waals surface area contributed by atoms with Gasteiger partial charge in [-0.1, -0.05) is 30.3 Å². The lowest BCUT2D eigenvalue weighted by atomic mass is 10.1. The fraction of sp³-hybridized carbons (Fsp3) is 0.276. The third-order valence-corrected chi connectivity index (χ3v) is 7.31. The highest BCUT2D eigenvalue weighted by Gasteiger charge is 2.41. The average molecular weight is 478 g/mol. The van der Waals surface area contributed by atoms with Gasteiger partial charge in [-0.25, -0.2) is 15.0 Å². The molecule has 4 aromatic rings. The molecule has 2 unspecified atom stereocenters. The van der Waals surface area contributed by atoms with Crippen LogP contribution in [0.1, 0.15) is 17.5 Å². The number of aromatic nitrogens is 3. The summed E-state index contributed by atoms with van der Waals surface area (Å²) in [5.41, 5.74) is 6.61. The fourth-order valence-corrected chi connectivity index (χ4v) is 5.36. The van der Waals surface area contributed by atoms with E-state index in [1.807, 2.05) is 42.6 Å². The van der Waals surface area contributed by atoms with Crippen molar-refractivity contribution in [2.45, 2.75) is 32.0 Å². The Morgan fingerprint density at radius 1 is 0.944 bits per heavy atom. The maximum absolute atomic E-state index is 4.73. The Balaban J connectivity index is 1.12. The van der Waals surface area contributed by atoms with E-state index in [4.69, 9.17) is 4.98 Å². The van der Waals surface area contributed by atoms with Gasteiger partial charge in [0, 0.05) is 61.0 Å². The van der Waals surface area contributed by atoms with Crippen LogP contribution < -0.4 is 15.5 Å². The number of fused-ring (bicyclic) bond motifs is 2. The van der Waals surface area contributed by atoms with E-state index >= 15 is 0 Å². The number of likely N-dealkylation sites (N-methyl/N-ethyl adjacent to an activating group) is 1. The van der Waals surface area contributed by atoms with Gasteiger partial charge in [-0.3, -0.25) is 4.90 Å². The van der Waals surface area contributed by atoms with Gasteiger partial charge >= 0.3 is 0 Å². The molecule has 0 spiro atoms. The Bertz CT molecular complexity index is 1340. The van der Waals surface area contributed by atoms with Gasteiger partial charge in [0.1, 0.15) is 5.82 Å². The summed E-state index contributed by atoms with van der Waals surface area (Å²) < 4.78 is 0. The summed E-state index contributed by atoms with van der Waals surface area (Å²) in [5, 5.41) is 6.74. The normalized spacial score (nSPS) is 19.0. The van der Waals surface area contributed by atoms with E-state index in [0.29, 0.717) is 18.0 Å². The smallest absolute Gasteiger partial charge is 0.227 e. The number of nitrogens with zero attached hydrogens (tertiary/aromatic N) is 5. The second-order valence-electron chi connectivity index (χ2n) is 9.80. The summed E-state index contributed by atoms with van der Waals surface area (Å²) >= 11 is 0. The Hall–Kier alpha value is -3.97. The van der Waals surface area contributed by atoms with Crippen molar-refractivity contribution < 1.29 is 0 Å². The van der Waals surface area contributed by atoms with E-state index in [1.165, 1.54) is 23.2 Å². The Labute approximate surface area is 212 Å². The van der Waals surface area contributed by atoms with Crippen LogP contribution >= 0.6 is 0 Å². The summed E-state index contributed by atoms with van der Waals surface area (Å²) in [6.07, 6.45) is 4.90. The van der Waals surface area contributed by atoms with Crippen molar-refractivity contribution in [3.05, 3.63) is 90.3 Å². The summed E-state index contributed by atoms with van der Waals surface area (Å²) in [5.74, 6) is 1.41. The van der Waals surface area contributed by atoms with Crippen molar-refractivity contribution in [1.29, 1.82) is 0 Å². The van der Waals surface area contributed by atoms with Crippen LogP contribution in [0.4, 0.5) is 23.1 Å². The molecule has 2 N–H and O–H groups in total. The Morgan fingerprint density at radius 2 is 1.83 bits per heavy atom. The molecule has 2 aliphatic rings. The zero-order valence-corrected chi connectivity index (χ0v) is 20.7. The fourth-order valence-electron chi connectivity index (χ4n) is 5.36. The number of pyridine rings is 1. The van der Waals surface area contributed by atoms with Crippen molar-refractivity contribution in [3.63, 3.8) is 0 Å². The number of rotatable bonds is 7. The molecular weight excluding hydrogens is 446 g/mol. The van der Waals surface area contributed by atoms with Crippen LogP contribution in [0.5, 0.6) is 0 Å². The maximum atomic E-state index is 4.73. The molecule has 0 amide bonds. The molecule has 2 atom stereocenters. The first-order chi connectivity index (χ1) is 17.6. The van der Waals surface area contributed by atoms with E-state index in [9.17, 15) is 0 Å². The largest absolute Gasteiger partial charge is 0.366 e. The number of piperazine rings is 1. The standard InChI is InChI=1S/C29H31N7/c1-20-14-23(9-10-27(20)36-19-24-15-25(36)18-35(24)2)33-29-30-13-12-26(34-29)22-8-11-28(32-17-22)31-16-21-6-4-3-5-7-21/h3-14,17,24-25H,15-16,18-19H2,1-2H3,(H,31,32)(H,30,33,34). The molecule has 36 heavy (non-hydrogen) atoms. The van der Waals surface area contributed by atoms with Gasteiger partial charge in [0.2, 0.25) is 5.95 Å². The molecule has 0 aliphatic carbocycles. The quantitative estimate of drug-likeness (QED) is 0.384. The highest BCUT2D eigenvalue weighted by molar-refractivity contribution is 5.66. The van der Waals surface area contributed by atoms with Crippen LogP contribution in [0.25, 0.3) is 11.3 Å². The zero-order chi connectivity index (χ0) is 24.5. The number of hydrogen-bond donors (Lipinski definition) is 2. The first kappa shape index (κ1) is 22.5. The lowest BCUT2D eigenvalue weighted by Gasteiger charge is -2.34. The number of likely N-dealkylation sites (tertiary alicyclic amines) is 1. The highest BCUT2D eigenvalue weighted by atomic mass is 15.3. The minimum absolute atomic E-state index is 0.577. The third kappa shape index (κ3) is 4.62. The minimum atomic E-state index is 0.577. The van der Waals surface area contributed by atoms with Gasteiger partial charge in [-0.2, -0.15) is 0 Å². The topological polar surface area (TPSA) is 69.2 Å². The van der Waals surface area contributed by atoms with Crippen molar-refractivity contribution in [1.82, 2.24) is 19.9 Å². The Morgan fingerprint density at radius 3 is 2.56 bits per heavy atom. The van der Waals surface area contributed by atoms with Crippen LogP contribution in [0.3, 0.4) is 0 Å². The molecule has 6 rings (SSSR count). The van der Waals surface area contributed by atoms with Crippen LogP contribution in [0.2, 0.25) is 0 Å². The molecular formula is C29H31N7. The first-order valence-corrected chi connectivity index (χ1v) is 12.5. The molecule has 0 radical (unpaired) electrons. The number of benzene rings is 2. The minimum Gasteiger partial charge on any atom is -0.366 e. The third-order valence-electron chi connectivity index (χ3n) is 7.31. The number of aryl methyl sites for hydroxylation is 1. The monoisotopic (exact) mass is 477 g/mol. The van der Waals surface area contributed by atoms with E-state index < -0.39 is 0 Å². The van der Waals surface area contributed by atoms with E-state index in [1.54, 1.807) is 6.20 Å². The van der Waals surface area contributed by atoms with Crippen LogP contribution in [0, 0.1) is 6.92 Å². The lowest BCUT2D eigenvalue weighted by Crippen LogP contribution is -2.44. The second-order valence-corrected chi connectivity index (χ2v) is 9.80. The SMILES string of the molecule is Cc1cc(Nc2nccc(-c3ccc(NCc4ccccc4)nc3)n2)ccc1N1CC2CC1CN2C. The second kappa shape index (κ2) is 9.59. The van der Waals surface area contributed by atoms with E-state index in [2.05, 4.69) is 74.7 Å². The summed E-state index contributed by atoms with van der Waals surface area (Å²) in [6.45, 7) is 5.20. The molecule has 0 saturated carbocycles. The van der Waals surface area contributed by atoms with Gasteiger partial charge in [-0.15, -0.1) is 0 Å². The van der Waals surface area contributed by atoms with Gasteiger partial charge in [0.05, 0.1) is 5.69 Å². The molecule has 2 fully saturated rings. The number of anilines is 4. The van der Waals surface area contributed by atoms with Crippen molar-refractivity contribution in [2.75, 3.05) is 35.7 Å². The first-order valence-electron chi connectivity index (χ1n) is 12.5. The summed E-state index contributed by atoms with van der Waals surface area (Å²) in [7, 11) is 2.24. The van der Waals surface area contributed by atoms with E-state index in [0.717, 1.165) is 42.4 Å². The van der Waals surface area contributed by atoms with E-state index in [-0.39, 0.29) is 0 Å². The summed E-state index contributed by atoms with van der Waals surface area (Å²) in [6, 6.07) is 24.1. The van der Waals surface area contributed by atoms with Gasteiger partial charge in [0.15, 0.2) is 0 Å². The molecule has 2 bridgehead atoms.